The minimum atomic E-state index is 0.0491. The lowest BCUT2D eigenvalue weighted by Crippen LogP contribution is -2.11. The third kappa shape index (κ3) is 1.56. The number of hydrogen-bond donors (Lipinski definition) is 0. The van der Waals surface area contributed by atoms with Crippen LogP contribution in [0.4, 0.5) is 0 Å². The number of carbonyl (C=O) groups is 1. The molecular formula is C13H15NO. The number of fused-ring (bicyclic) bond motifs is 1. The van der Waals surface area contributed by atoms with Gasteiger partial charge in [0.25, 0.3) is 0 Å². The maximum atomic E-state index is 11.9. The molecule has 0 aliphatic rings. The molecule has 1 aromatic carbocycles. The molecule has 0 amide bonds. The molecule has 1 heterocycles. The Bertz CT molecular complexity index is 508. The van der Waals surface area contributed by atoms with Gasteiger partial charge in [0, 0.05) is 23.9 Å². The first-order valence-corrected chi connectivity index (χ1v) is 5.20. The van der Waals surface area contributed by atoms with Crippen LogP contribution >= 0.6 is 0 Å². The normalized spacial score (nSPS) is 11.2. The molecule has 2 aromatic rings. The molecule has 0 spiro atoms. The first-order valence-electron chi connectivity index (χ1n) is 5.20. The fourth-order valence-corrected chi connectivity index (χ4v) is 1.82. The van der Waals surface area contributed by atoms with E-state index in [0.717, 1.165) is 16.6 Å². The number of ketones is 1. The van der Waals surface area contributed by atoms with Gasteiger partial charge < -0.3 is 4.57 Å². The number of aryl methyl sites for hydroxylation is 1. The van der Waals surface area contributed by atoms with Crippen LogP contribution in [-0.4, -0.2) is 10.4 Å². The summed E-state index contributed by atoms with van der Waals surface area (Å²) in [5, 5.41) is 1.13. The standard InChI is InChI=1S/C13H15NO/c1-9(2)13(15)12-8-10-6-4-5-7-11(10)14(12)3/h4-9H,1-3H3. The predicted molar refractivity (Wildman–Crippen MR) is 62.1 cm³/mol. The molecule has 2 rings (SSSR count). The quantitative estimate of drug-likeness (QED) is 0.684. The molecule has 15 heavy (non-hydrogen) atoms. The number of Topliss-reactive ketones (excluding diaryl/α,β-unsaturated/α-hetero) is 1. The Morgan fingerprint density at radius 3 is 2.53 bits per heavy atom. The zero-order valence-corrected chi connectivity index (χ0v) is 9.32. The summed E-state index contributed by atoms with van der Waals surface area (Å²) in [5.74, 6) is 0.252. The van der Waals surface area contributed by atoms with Crippen molar-refractivity contribution in [1.29, 1.82) is 0 Å². The first-order chi connectivity index (χ1) is 7.11. The van der Waals surface area contributed by atoms with Crippen LogP contribution in [-0.2, 0) is 7.05 Å². The Kier molecular flexibility index (Phi) is 2.35. The van der Waals surface area contributed by atoms with E-state index in [9.17, 15) is 4.79 Å². The van der Waals surface area contributed by atoms with Crippen LogP contribution in [0.5, 0.6) is 0 Å². The lowest BCUT2D eigenvalue weighted by atomic mass is 10.1. The summed E-state index contributed by atoms with van der Waals surface area (Å²) in [6.07, 6.45) is 0. The number of rotatable bonds is 2. The molecule has 2 heteroatoms. The van der Waals surface area contributed by atoms with Gasteiger partial charge in [-0.3, -0.25) is 4.79 Å². The molecule has 0 aliphatic carbocycles. The zero-order chi connectivity index (χ0) is 11.0. The SMILES string of the molecule is CC(C)C(=O)c1cc2ccccc2n1C. The molecule has 0 N–H and O–H groups in total. The molecule has 0 saturated carbocycles. The van der Waals surface area contributed by atoms with Gasteiger partial charge in [-0.05, 0) is 12.1 Å². The van der Waals surface area contributed by atoms with E-state index in [-0.39, 0.29) is 11.7 Å². The number of nitrogens with zero attached hydrogens (tertiary/aromatic N) is 1. The Labute approximate surface area is 89.5 Å². The molecule has 0 bridgehead atoms. The van der Waals surface area contributed by atoms with E-state index >= 15 is 0 Å². The highest BCUT2D eigenvalue weighted by molar-refractivity contribution is 6.00. The summed E-state index contributed by atoms with van der Waals surface area (Å²) in [4.78, 5) is 11.9. The molecule has 2 nitrogen and oxygen atoms in total. The van der Waals surface area contributed by atoms with Crippen molar-refractivity contribution < 1.29 is 4.79 Å². The van der Waals surface area contributed by atoms with Crippen molar-refractivity contribution in [2.45, 2.75) is 13.8 Å². The number of hydrogen-bond acceptors (Lipinski definition) is 1. The monoisotopic (exact) mass is 201 g/mol. The second kappa shape index (κ2) is 3.54. The zero-order valence-electron chi connectivity index (χ0n) is 9.32. The second-order valence-corrected chi connectivity index (χ2v) is 4.17. The smallest absolute Gasteiger partial charge is 0.181 e. The number of carbonyl (C=O) groups excluding carboxylic acids is 1. The number of benzene rings is 1. The van der Waals surface area contributed by atoms with Gasteiger partial charge in [-0.25, -0.2) is 0 Å². The Hall–Kier alpha value is -1.57. The summed E-state index contributed by atoms with van der Waals surface area (Å²) in [6, 6.07) is 10.0. The highest BCUT2D eigenvalue weighted by Gasteiger charge is 2.15. The minimum Gasteiger partial charge on any atom is -0.341 e. The molecule has 0 saturated heterocycles. The van der Waals surface area contributed by atoms with Crippen LogP contribution in [0.25, 0.3) is 10.9 Å². The lowest BCUT2D eigenvalue weighted by Gasteiger charge is -2.05. The summed E-state index contributed by atoms with van der Waals surface area (Å²) < 4.78 is 1.97. The van der Waals surface area contributed by atoms with Crippen molar-refractivity contribution in [1.82, 2.24) is 4.57 Å². The molecule has 0 fully saturated rings. The van der Waals surface area contributed by atoms with Crippen LogP contribution in [0.1, 0.15) is 24.3 Å². The van der Waals surface area contributed by atoms with Crippen molar-refractivity contribution in [3.63, 3.8) is 0 Å². The van der Waals surface area contributed by atoms with Crippen molar-refractivity contribution in [3.8, 4) is 0 Å². The van der Waals surface area contributed by atoms with Crippen LogP contribution in [0.2, 0.25) is 0 Å². The van der Waals surface area contributed by atoms with Gasteiger partial charge in [-0.2, -0.15) is 0 Å². The maximum Gasteiger partial charge on any atom is 0.181 e. The Balaban J connectivity index is 2.63. The third-order valence-corrected chi connectivity index (χ3v) is 2.73. The van der Waals surface area contributed by atoms with Crippen molar-refractivity contribution >= 4 is 16.7 Å². The summed E-state index contributed by atoms with van der Waals surface area (Å²) in [5.41, 5.74) is 1.91. The van der Waals surface area contributed by atoms with Crippen LogP contribution in [0.15, 0.2) is 30.3 Å². The van der Waals surface area contributed by atoms with Gasteiger partial charge >= 0.3 is 0 Å². The van der Waals surface area contributed by atoms with Crippen LogP contribution in [0.3, 0.4) is 0 Å². The highest BCUT2D eigenvalue weighted by atomic mass is 16.1. The van der Waals surface area contributed by atoms with Gasteiger partial charge in [-0.15, -0.1) is 0 Å². The second-order valence-electron chi connectivity index (χ2n) is 4.17. The topological polar surface area (TPSA) is 22.0 Å². The van der Waals surface area contributed by atoms with Gasteiger partial charge in [0.05, 0.1) is 5.69 Å². The number of aromatic nitrogens is 1. The van der Waals surface area contributed by atoms with E-state index in [4.69, 9.17) is 0 Å². The minimum absolute atomic E-state index is 0.0491. The maximum absolute atomic E-state index is 11.9. The van der Waals surface area contributed by atoms with Crippen molar-refractivity contribution in [3.05, 3.63) is 36.0 Å². The fraction of sp³-hybridized carbons (Fsp3) is 0.308. The van der Waals surface area contributed by atoms with Gasteiger partial charge in [0.2, 0.25) is 0 Å². The van der Waals surface area contributed by atoms with Gasteiger partial charge in [-0.1, -0.05) is 32.0 Å². The van der Waals surface area contributed by atoms with E-state index in [1.54, 1.807) is 0 Å². The molecule has 78 valence electrons. The molecule has 0 unspecified atom stereocenters. The Morgan fingerprint density at radius 2 is 1.93 bits per heavy atom. The van der Waals surface area contributed by atoms with Crippen molar-refractivity contribution in [2.24, 2.45) is 13.0 Å². The third-order valence-electron chi connectivity index (χ3n) is 2.73. The van der Waals surface area contributed by atoms with Crippen LogP contribution in [0, 0.1) is 5.92 Å². The summed E-state index contributed by atoms with van der Waals surface area (Å²) in [7, 11) is 1.94. The van der Waals surface area contributed by atoms with E-state index in [0.29, 0.717) is 0 Å². The van der Waals surface area contributed by atoms with Gasteiger partial charge in [0.1, 0.15) is 0 Å². The Morgan fingerprint density at radius 1 is 1.27 bits per heavy atom. The largest absolute Gasteiger partial charge is 0.341 e. The molecule has 0 aliphatic heterocycles. The van der Waals surface area contributed by atoms with E-state index in [1.807, 2.05) is 55.8 Å². The molecule has 0 radical (unpaired) electrons. The fourth-order valence-electron chi connectivity index (χ4n) is 1.82. The van der Waals surface area contributed by atoms with Gasteiger partial charge in [0.15, 0.2) is 5.78 Å². The average Bonchev–Trinajstić information content (AvgIpc) is 2.56. The lowest BCUT2D eigenvalue weighted by molar-refractivity contribution is 0.0931. The highest BCUT2D eigenvalue weighted by Crippen LogP contribution is 2.20. The first kappa shape index (κ1) is 9.97. The molecular weight excluding hydrogens is 186 g/mol. The average molecular weight is 201 g/mol. The van der Waals surface area contributed by atoms with Crippen molar-refractivity contribution in [2.75, 3.05) is 0 Å². The predicted octanol–water partition coefficient (Wildman–Crippen LogP) is 3.02. The van der Waals surface area contributed by atoms with E-state index in [2.05, 4.69) is 0 Å². The number of para-hydroxylation sites is 1. The molecule has 0 atom stereocenters. The summed E-state index contributed by atoms with van der Waals surface area (Å²) in [6.45, 7) is 3.86. The van der Waals surface area contributed by atoms with Crippen LogP contribution < -0.4 is 0 Å². The van der Waals surface area contributed by atoms with E-state index < -0.39 is 0 Å². The van der Waals surface area contributed by atoms with E-state index in [1.165, 1.54) is 0 Å². The summed E-state index contributed by atoms with van der Waals surface area (Å²) >= 11 is 0. The molecule has 1 aromatic heterocycles.